The number of hydrogen-bond donors (Lipinski definition) is 1. The number of morpholine rings is 1. The first kappa shape index (κ1) is 12.7. The smallest absolute Gasteiger partial charge is 0.0766 e. The molecule has 1 aromatic rings. The van der Waals surface area contributed by atoms with Crippen molar-refractivity contribution in [3.63, 3.8) is 0 Å². The van der Waals surface area contributed by atoms with Crippen molar-refractivity contribution in [1.29, 1.82) is 0 Å². The minimum atomic E-state index is 0.208. The summed E-state index contributed by atoms with van der Waals surface area (Å²) in [5.41, 5.74) is 6.68. The van der Waals surface area contributed by atoms with E-state index in [2.05, 4.69) is 17.9 Å². The van der Waals surface area contributed by atoms with Crippen molar-refractivity contribution in [3.05, 3.63) is 29.3 Å². The summed E-state index contributed by atoms with van der Waals surface area (Å²) in [7, 11) is 0. The number of benzene rings is 1. The average Bonchev–Trinajstić information content (AvgIpc) is 2.29. The van der Waals surface area contributed by atoms with Gasteiger partial charge >= 0.3 is 0 Å². The molecule has 94 valence electrons. The van der Waals surface area contributed by atoms with Crippen LogP contribution >= 0.6 is 11.6 Å². The van der Waals surface area contributed by atoms with Gasteiger partial charge in [-0.3, -0.25) is 0 Å². The maximum absolute atomic E-state index is 6.22. The average molecular weight is 255 g/mol. The zero-order valence-corrected chi connectivity index (χ0v) is 10.9. The van der Waals surface area contributed by atoms with Crippen LogP contribution in [-0.4, -0.2) is 31.8 Å². The van der Waals surface area contributed by atoms with E-state index in [1.807, 2.05) is 18.2 Å². The SMILES string of the molecule is CC1CN(c2ccccc2Cl)CC(CCN)O1. The highest BCUT2D eigenvalue weighted by atomic mass is 35.5. The molecule has 1 saturated heterocycles. The van der Waals surface area contributed by atoms with Crippen molar-refractivity contribution < 1.29 is 4.74 Å². The van der Waals surface area contributed by atoms with Gasteiger partial charge in [-0.25, -0.2) is 0 Å². The lowest BCUT2D eigenvalue weighted by Crippen LogP contribution is -2.47. The summed E-state index contributed by atoms with van der Waals surface area (Å²) in [5.74, 6) is 0. The fourth-order valence-corrected chi connectivity index (χ4v) is 2.55. The van der Waals surface area contributed by atoms with E-state index in [1.165, 1.54) is 0 Å². The monoisotopic (exact) mass is 254 g/mol. The predicted molar refractivity (Wildman–Crippen MR) is 71.7 cm³/mol. The lowest BCUT2D eigenvalue weighted by atomic mass is 10.1. The van der Waals surface area contributed by atoms with E-state index in [0.29, 0.717) is 6.54 Å². The summed E-state index contributed by atoms with van der Waals surface area (Å²) in [5, 5.41) is 0.799. The highest BCUT2D eigenvalue weighted by Crippen LogP contribution is 2.28. The first-order valence-corrected chi connectivity index (χ1v) is 6.43. The van der Waals surface area contributed by atoms with Crippen LogP contribution in [0, 0.1) is 0 Å². The molecule has 2 rings (SSSR count). The molecule has 1 aromatic carbocycles. The molecule has 3 nitrogen and oxygen atoms in total. The quantitative estimate of drug-likeness (QED) is 0.900. The van der Waals surface area contributed by atoms with Crippen LogP contribution < -0.4 is 10.6 Å². The van der Waals surface area contributed by atoms with Gasteiger partial charge in [-0.05, 0) is 32.0 Å². The Hall–Kier alpha value is -0.770. The molecule has 0 saturated carbocycles. The Labute approximate surface area is 107 Å². The van der Waals surface area contributed by atoms with Crippen LogP contribution in [0.3, 0.4) is 0 Å². The highest BCUT2D eigenvalue weighted by molar-refractivity contribution is 6.33. The van der Waals surface area contributed by atoms with E-state index >= 15 is 0 Å². The fourth-order valence-electron chi connectivity index (χ4n) is 2.30. The molecule has 0 aromatic heterocycles. The summed E-state index contributed by atoms with van der Waals surface area (Å²) in [6.07, 6.45) is 1.32. The first-order valence-electron chi connectivity index (χ1n) is 6.05. The molecule has 0 aliphatic carbocycles. The molecule has 0 spiro atoms. The van der Waals surface area contributed by atoms with Crippen LogP contribution in [0.15, 0.2) is 24.3 Å². The molecule has 0 radical (unpaired) electrons. The van der Waals surface area contributed by atoms with Crippen LogP contribution in [0.5, 0.6) is 0 Å². The summed E-state index contributed by atoms with van der Waals surface area (Å²) < 4.78 is 5.85. The number of para-hydroxylation sites is 1. The molecule has 2 N–H and O–H groups in total. The largest absolute Gasteiger partial charge is 0.372 e. The minimum Gasteiger partial charge on any atom is -0.372 e. The molecular formula is C13H19ClN2O. The molecule has 2 unspecified atom stereocenters. The third-order valence-electron chi connectivity index (χ3n) is 3.01. The Morgan fingerprint density at radius 2 is 2.18 bits per heavy atom. The summed E-state index contributed by atoms with van der Waals surface area (Å²) in [6, 6.07) is 7.95. The van der Waals surface area contributed by atoms with Crippen molar-refractivity contribution >= 4 is 17.3 Å². The van der Waals surface area contributed by atoms with Gasteiger partial charge in [0, 0.05) is 13.1 Å². The number of ether oxygens (including phenoxy) is 1. The lowest BCUT2D eigenvalue weighted by Gasteiger charge is -2.38. The number of rotatable bonds is 3. The molecule has 1 heterocycles. The molecule has 2 atom stereocenters. The number of anilines is 1. The summed E-state index contributed by atoms with van der Waals surface area (Å²) >= 11 is 6.22. The first-order chi connectivity index (χ1) is 8.20. The molecule has 1 aliphatic rings. The van der Waals surface area contributed by atoms with Gasteiger partial charge in [-0.1, -0.05) is 23.7 Å². The number of nitrogens with zero attached hydrogens (tertiary/aromatic N) is 1. The van der Waals surface area contributed by atoms with Crippen LogP contribution in [-0.2, 0) is 4.74 Å². The standard InChI is InChI=1S/C13H19ClN2O/c1-10-8-16(9-11(17-10)6-7-15)13-5-3-2-4-12(13)14/h2-5,10-11H,6-9,15H2,1H3. The number of hydrogen-bond acceptors (Lipinski definition) is 3. The van der Waals surface area contributed by atoms with Crippen LogP contribution in [0.4, 0.5) is 5.69 Å². The third-order valence-corrected chi connectivity index (χ3v) is 3.33. The summed E-state index contributed by atoms with van der Waals surface area (Å²) in [4.78, 5) is 2.29. The predicted octanol–water partition coefficient (Wildman–Crippen LogP) is 2.28. The van der Waals surface area contributed by atoms with Gasteiger partial charge in [-0.2, -0.15) is 0 Å². The topological polar surface area (TPSA) is 38.5 Å². The Bertz CT molecular complexity index is 372. The zero-order valence-electron chi connectivity index (χ0n) is 10.1. The second kappa shape index (κ2) is 5.71. The van der Waals surface area contributed by atoms with Crippen molar-refractivity contribution in [2.75, 3.05) is 24.5 Å². The number of halogens is 1. The highest BCUT2D eigenvalue weighted by Gasteiger charge is 2.25. The van der Waals surface area contributed by atoms with Gasteiger partial charge in [0.2, 0.25) is 0 Å². The van der Waals surface area contributed by atoms with E-state index in [1.54, 1.807) is 0 Å². The third kappa shape index (κ3) is 3.12. The summed E-state index contributed by atoms with van der Waals surface area (Å²) in [6.45, 7) is 4.50. The van der Waals surface area contributed by atoms with Gasteiger partial charge in [0.1, 0.15) is 0 Å². The Balaban J connectivity index is 2.12. The van der Waals surface area contributed by atoms with Gasteiger partial charge in [0.05, 0.1) is 22.9 Å². The van der Waals surface area contributed by atoms with Gasteiger partial charge in [0.15, 0.2) is 0 Å². The van der Waals surface area contributed by atoms with Crippen molar-refractivity contribution in [3.8, 4) is 0 Å². The molecular weight excluding hydrogens is 236 g/mol. The minimum absolute atomic E-state index is 0.208. The van der Waals surface area contributed by atoms with E-state index < -0.39 is 0 Å². The molecule has 17 heavy (non-hydrogen) atoms. The van der Waals surface area contributed by atoms with Crippen LogP contribution in [0.2, 0.25) is 5.02 Å². The Morgan fingerprint density at radius 3 is 2.88 bits per heavy atom. The zero-order chi connectivity index (χ0) is 12.3. The van der Waals surface area contributed by atoms with Crippen molar-refractivity contribution in [1.82, 2.24) is 0 Å². The van der Waals surface area contributed by atoms with E-state index in [-0.39, 0.29) is 12.2 Å². The molecule has 1 fully saturated rings. The maximum atomic E-state index is 6.22. The number of nitrogens with two attached hydrogens (primary N) is 1. The van der Waals surface area contributed by atoms with E-state index in [0.717, 1.165) is 30.2 Å². The van der Waals surface area contributed by atoms with Crippen molar-refractivity contribution in [2.24, 2.45) is 5.73 Å². The maximum Gasteiger partial charge on any atom is 0.0766 e. The van der Waals surface area contributed by atoms with E-state index in [9.17, 15) is 0 Å². The second-order valence-corrected chi connectivity index (χ2v) is 4.91. The molecule has 4 heteroatoms. The lowest BCUT2D eigenvalue weighted by molar-refractivity contribution is -0.0183. The van der Waals surface area contributed by atoms with Gasteiger partial charge < -0.3 is 15.4 Å². The molecule has 0 amide bonds. The fraction of sp³-hybridized carbons (Fsp3) is 0.538. The van der Waals surface area contributed by atoms with Gasteiger partial charge in [-0.15, -0.1) is 0 Å². The van der Waals surface area contributed by atoms with Gasteiger partial charge in [0.25, 0.3) is 0 Å². The van der Waals surface area contributed by atoms with Crippen molar-refractivity contribution in [2.45, 2.75) is 25.6 Å². The Morgan fingerprint density at radius 1 is 1.41 bits per heavy atom. The molecule has 0 bridgehead atoms. The van der Waals surface area contributed by atoms with Crippen LogP contribution in [0.1, 0.15) is 13.3 Å². The van der Waals surface area contributed by atoms with E-state index in [4.69, 9.17) is 22.1 Å². The normalized spacial score (nSPS) is 25.0. The second-order valence-electron chi connectivity index (χ2n) is 4.50. The van der Waals surface area contributed by atoms with Crippen LogP contribution in [0.25, 0.3) is 0 Å². The Kier molecular flexibility index (Phi) is 4.26. The molecule has 1 aliphatic heterocycles.